The number of nitro benzene ring substituents is 1. The highest BCUT2D eigenvalue weighted by Crippen LogP contribution is 2.34. The predicted octanol–water partition coefficient (Wildman–Crippen LogP) is 4.32. The van der Waals surface area contributed by atoms with Crippen molar-refractivity contribution in [2.45, 2.75) is 0 Å². The van der Waals surface area contributed by atoms with Gasteiger partial charge in [-0.3, -0.25) is 10.1 Å². The van der Waals surface area contributed by atoms with Crippen molar-refractivity contribution in [3.8, 4) is 11.5 Å². The average Bonchev–Trinajstić information content (AvgIpc) is 2.33. The summed E-state index contributed by atoms with van der Waals surface area (Å²) in [5.41, 5.74) is -0.789. The quantitative estimate of drug-likeness (QED) is 0.623. The molecular weight excluding hydrogens is 280 g/mol. The van der Waals surface area contributed by atoms with E-state index < -0.39 is 22.2 Å². The number of rotatable bonds is 3. The van der Waals surface area contributed by atoms with Crippen LogP contribution in [0.25, 0.3) is 0 Å². The molecule has 2 aromatic rings. The molecule has 0 unspecified atom stereocenters. The van der Waals surface area contributed by atoms with Crippen LogP contribution in [0.4, 0.5) is 14.5 Å². The third-order valence-corrected chi connectivity index (χ3v) is 2.54. The first-order valence-electron chi connectivity index (χ1n) is 5.05. The molecule has 0 radical (unpaired) electrons. The highest BCUT2D eigenvalue weighted by Gasteiger charge is 2.21. The number of hydrogen-bond donors (Lipinski definition) is 0. The van der Waals surface area contributed by atoms with Gasteiger partial charge in [-0.1, -0.05) is 17.7 Å². The second-order valence-corrected chi connectivity index (χ2v) is 3.93. The summed E-state index contributed by atoms with van der Waals surface area (Å²) in [6, 6.07) is 6.87. The van der Waals surface area contributed by atoms with E-state index in [0.717, 1.165) is 18.2 Å². The summed E-state index contributed by atoms with van der Waals surface area (Å²) in [5, 5.41) is 10.6. The molecule has 19 heavy (non-hydrogen) atoms. The molecule has 0 aliphatic heterocycles. The third-order valence-electron chi connectivity index (χ3n) is 2.25. The van der Waals surface area contributed by atoms with E-state index in [0.29, 0.717) is 0 Å². The van der Waals surface area contributed by atoms with E-state index in [-0.39, 0.29) is 16.5 Å². The molecule has 0 aliphatic rings. The first kappa shape index (κ1) is 13.2. The molecule has 0 spiro atoms. The molecule has 2 rings (SSSR count). The Labute approximate surface area is 111 Å². The Bertz CT molecular complexity index is 649. The van der Waals surface area contributed by atoms with Crippen LogP contribution < -0.4 is 4.74 Å². The number of nitrogens with zero attached hydrogens (tertiary/aromatic N) is 1. The second kappa shape index (κ2) is 5.19. The molecule has 2 aromatic carbocycles. The first-order valence-corrected chi connectivity index (χ1v) is 5.42. The fourth-order valence-electron chi connectivity index (χ4n) is 1.42. The summed E-state index contributed by atoms with van der Waals surface area (Å²) in [6.45, 7) is 0. The zero-order chi connectivity index (χ0) is 14.0. The number of benzene rings is 2. The smallest absolute Gasteiger partial charge is 0.346 e. The lowest BCUT2D eigenvalue weighted by Crippen LogP contribution is -1.96. The standard InChI is InChI=1S/C12H6ClF2NO3/c13-8-6-7(4-5-9(8)14)19-11-3-1-2-10(15)12(11)16(17)18/h1-6H. The second-order valence-electron chi connectivity index (χ2n) is 3.52. The molecule has 0 N–H and O–H groups in total. The summed E-state index contributed by atoms with van der Waals surface area (Å²) >= 11 is 5.55. The van der Waals surface area contributed by atoms with Gasteiger partial charge in [-0.2, -0.15) is 4.39 Å². The number of hydrogen-bond acceptors (Lipinski definition) is 3. The van der Waals surface area contributed by atoms with E-state index in [1.54, 1.807) is 0 Å². The fraction of sp³-hybridized carbons (Fsp3) is 0. The maximum atomic E-state index is 13.3. The predicted molar refractivity (Wildman–Crippen MR) is 64.5 cm³/mol. The van der Waals surface area contributed by atoms with Gasteiger partial charge in [0.25, 0.3) is 0 Å². The molecule has 0 amide bonds. The molecule has 0 atom stereocenters. The van der Waals surface area contributed by atoms with Crippen LogP contribution in [0.2, 0.25) is 5.02 Å². The zero-order valence-corrected chi connectivity index (χ0v) is 10.0. The summed E-state index contributed by atoms with van der Waals surface area (Å²) in [5.74, 6) is -1.88. The van der Waals surface area contributed by atoms with Crippen LogP contribution in [-0.4, -0.2) is 4.92 Å². The van der Waals surface area contributed by atoms with Crippen molar-refractivity contribution < 1.29 is 18.4 Å². The van der Waals surface area contributed by atoms with Crippen LogP contribution >= 0.6 is 11.6 Å². The molecule has 98 valence electrons. The Kier molecular flexibility index (Phi) is 3.62. The van der Waals surface area contributed by atoms with Gasteiger partial charge < -0.3 is 4.74 Å². The average molecular weight is 286 g/mol. The minimum atomic E-state index is -1.02. The molecule has 0 heterocycles. The van der Waals surface area contributed by atoms with Gasteiger partial charge in [0, 0.05) is 6.07 Å². The molecule has 0 aromatic heterocycles. The molecule has 0 saturated heterocycles. The lowest BCUT2D eigenvalue weighted by Gasteiger charge is -2.07. The molecule has 0 aliphatic carbocycles. The van der Waals surface area contributed by atoms with E-state index in [9.17, 15) is 18.9 Å². The van der Waals surface area contributed by atoms with Gasteiger partial charge in [-0.15, -0.1) is 0 Å². The number of halogens is 3. The van der Waals surface area contributed by atoms with Gasteiger partial charge in [0.1, 0.15) is 11.6 Å². The van der Waals surface area contributed by atoms with Crippen molar-refractivity contribution >= 4 is 17.3 Å². The lowest BCUT2D eigenvalue weighted by atomic mass is 10.2. The van der Waals surface area contributed by atoms with Gasteiger partial charge in [0.2, 0.25) is 11.6 Å². The Morgan fingerprint density at radius 3 is 2.53 bits per heavy atom. The Balaban J connectivity index is 2.40. The monoisotopic (exact) mass is 285 g/mol. The Morgan fingerprint density at radius 1 is 1.16 bits per heavy atom. The van der Waals surface area contributed by atoms with Crippen LogP contribution in [-0.2, 0) is 0 Å². The van der Waals surface area contributed by atoms with Crippen molar-refractivity contribution in [1.82, 2.24) is 0 Å². The maximum Gasteiger partial charge on any atom is 0.346 e. The molecule has 4 nitrogen and oxygen atoms in total. The molecule has 0 saturated carbocycles. The van der Waals surface area contributed by atoms with Crippen molar-refractivity contribution in [2.24, 2.45) is 0 Å². The molecule has 7 heteroatoms. The van der Waals surface area contributed by atoms with E-state index in [1.165, 1.54) is 18.2 Å². The minimum absolute atomic E-state index is 0.0695. The van der Waals surface area contributed by atoms with Gasteiger partial charge >= 0.3 is 5.69 Å². The van der Waals surface area contributed by atoms with E-state index in [4.69, 9.17) is 16.3 Å². The number of para-hydroxylation sites is 1. The van der Waals surface area contributed by atoms with Gasteiger partial charge in [0.05, 0.1) is 9.95 Å². The largest absolute Gasteiger partial charge is 0.450 e. The number of nitro groups is 1. The Hall–Kier alpha value is -2.21. The van der Waals surface area contributed by atoms with Crippen LogP contribution in [0.1, 0.15) is 0 Å². The molecular formula is C12H6ClF2NO3. The van der Waals surface area contributed by atoms with Crippen molar-refractivity contribution in [2.75, 3.05) is 0 Å². The zero-order valence-electron chi connectivity index (χ0n) is 9.27. The summed E-state index contributed by atoms with van der Waals surface area (Å²) < 4.78 is 31.4. The van der Waals surface area contributed by atoms with Crippen LogP contribution in [0, 0.1) is 21.7 Å². The fourth-order valence-corrected chi connectivity index (χ4v) is 1.59. The summed E-state index contributed by atoms with van der Waals surface area (Å²) in [4.78, 5) is 9.86. The first-order chi connectivity index (χ1) is 8.99. The normalized spacial score (nSPS) is 10.3. The van der Waals surface area contributed by atoms with E-state index in [2.05, 4.69) is 0 Å². The third kappa shape index (κ3) is 2.79. The maximum absolute atomic E-state index is 13.3. The van der Waals surface area contributed by atoms with E-state index >= 15 is 0 Å². The SMILES string of the molecule is O=[N+]([O-])c1c(F)cccc1Oc1ccc(F)c(Cl)c1. The van der Waals surface area contributed by atoms with Crippen molar-refractivity contribution in [1.29, 1.82) is 0 Å². The van der Waals surface area contributed by atoms with Crippen molar-refractivity contribution in [3.05, 3.63) is 63.2 Å². The minimum Gasteiger partial charge on any atom is -0.450 e. The molecule has 0 bridgehead atoms. The van der Waals surface area contributed by atoms with Crippen LogP contribution in [0.15, 0.2) is 36.4 Å². The highest BCUT2D eigenvalue weighted by atomic mass is 35.5. The van der Waals surface area contributed by atoms with Gasteiger partial charge in [-0.25, -0.2) is 4.39 Å². The summed E-state index contributed by atoms with van der Waals surface area (Å²) in [6.07, 6.45) is 0. The van der Waals surface area contributed by atoms with Gasteiger partial charge in [0.15, 0.2) is 0 Å². The Morgan fingerprint density at radius 2 is 1.89 bits per heavy atom. The molecule has 0 fully saturated rings. The van der Waals surface area contributed by atoms with Crippen LogP contribution in [0.5, 0.6) is 11.5 Å². The topological polar surface area (TPSA) is 52.4 Å². The highest BCUT2D eigenvalue weighted by molar-refractivity contribution is 6.30. The van der Waals surface area contributed by atoms with E-state index in [1.807, 2.05) is 0 Å². The van der Waals surface area contributed by atoms with Crippen molar-refractivity contribution in [3.63, 3.8) is 0 Å². The number of ether oxygens (including phenoxy) is 1. The lowest BCUT2D eigenvalue weighted by molar-refractivity contribution is -0.388. The van der Waals surface area contributed by atoms with Crippen LogP contribution in [0.3, 0.4) is 0 Å². The summed E-state index contributed by atoms with van der Waals surface area (Å²) in [7, 11) is 0. The van der Waals surface area contributed by atoms with Gasteiger partial charge in [-0.05, 0) is 24.3 Å².